The lowest BCUT2D eigenvalue weighted by Crippen LogP contribution is -2.26. The number of aromatic nitrogens is 2. The van der Waals surface area contributed by atoms with Crippen LogP contribution in [0.3, 0.4) is 0 Å². The van der Waals surface area contributed by atoms with Crippen molar-refractivity contribution in [2.24, 2.45) is 7.05 Å². The lowest BCUT2D eigenvalue weighted by Gasteiger charge is -2.18. The zero-order chi connectivity index (χ0) is 18.6. The van der Waals surface area contributed by atoms with E-state index in [1.807, 2.05) is 67.7 Å². The third-order valence-electron chi connectivity index (χ3n) is 4.81. The minimum Gasteiger partial charge on any atom is -0.313 e. The maximum absolute atomic E-state index is 12.9. The van der Waals surface area contributed by atoms with Crippen LogP contribution in [0.25, 0.3) is 21.9 Å². The Balaban J connectivity index is 1.81. The maximum atomic E-state index is 12.9. The van der Waals surface area contributed by atoms with Crippen LogP contribution in [0, 0.1) is 0 Å². The van der Waals surface area contributed by atoms with Gasteiger partial charge in [0.25, 0.3) is 5.56 Å². The zero-order valence-electron chi connectivity index (χ0n) is 15.2. The van der Waals surface area contributed by atoms with Gasteiger partial charge in [-0.2, -0.15) is 0 Å². The molecule has 4 rings (SSSR count). The maximum Gasteiger partial charge on any atom is 0.258 e. The lowest BCUT2D eigenvalue weighted by atomic mass is 9.96. The van der Waals surface area contributed by atoms with E-state index in [2.05, 4.69) is 22.4 Å². The van der Waals surface area contributed by atoms with E-state index in [1.54, 1.807) is 10.8 Å². The lowest BCUT2D eigenvalue weighted by molar-refractivity contribution is 0.637. The first-order valence-corrected chi connectivity index (χ1v) is 9.02. The van der Waals surface area contributed by atoms with Gasteiger partial charge >= 0.3 is 0 Å². The van der Waals surface area contributed by atoms with Gasteiger partial charge in [0.1, 0.15) is 0 Å². The van der Waals surface area contributed by atoms with Gasteiger partial charge in [-0.25, -0.2) is 0 Å². The zero-order valence-corrected chi connectivity index (χ0v) is 15.2. The summed E-state index contributed by atoms with van der Waals surface area (Å²) in [7, 11) is 1.85. The Morgan fingerprint density at radius 2 is 1.56 bits per heavy atom. The van der Waals surface area contributed by atoms with Crippen molar-refractivity contribution in [3.63, 3.8) is 0 Å². The number of nitrogens with zero attached hydrogens (tertiary/aromatic N) is 2. The number of nitrogens with one attached hydrogen (secondary N) is 1. The molecule has 4 aromatic rings. The Labute approximate surface area is 158 Å². The summed E-state index contributed by atoms with van der Waals surface area (Å²) in [4.78, 5) is 17.2. The second kappa shape index (κ2) is 7.56. The number of hydrogen-bond acceptors (Lipinski definition) is 3. The molecule has 4 heteroatoms. The fraction of sp³-hybridized carbons (Fsp3) is 0.130. The van der Waals surface area contributed by atoms with Crippen LogP contribution in [0.2, 0.25) is 0 Å². The second-order valence-corrected chi connectivity index (χ2v) is 6.52. The molecule has 2 aromatic heterocycles. The highest BCUT2D eigenvalue weighted by Gasteiger charge is 2.15. The van der Waals surface area contributed by atoms with E-state index in [-0.39, 0.29) is 5.56 Å². The number of hydrogen-bond donors (Lipinski definition) is 1. The highest BCUT2D eigenvalue weighted by Crippen LogP contribution is 2.30. The van der Waals surface area contributed by atoms with Gasteiger partial charge in [-0.1, -0.05) is 54.6 Å². The number of benzene rings is 2. The Morgan fingerprint density at radius 3 is 2.30 bits per heavy atom. The molecule has 0 spiro atoms. The van der Waals surface area contributed by atoms with Crippen LogP contribution in [0.4, 0.5) is 0 Å². The number of pyridine rings is 2. The van der Waals surface area contributed by atoms with Crippen molar-refractivity contribution in [2.45, 2.75) is 13.1 Å². The van der Waals surface area contributed by atoms with Crippen LogP contribution >= 0.6 is 0 Å². The van der Waals surface area contributed by atoms with Crippen LogP contribution in [0.15, 0.2) is 83.8 Å². The summed E-state index contributed by atoms with van der Waals surface area (Å²) in [5.41, 5.74) is 4.19. The Kier molecular flexibility index (Phi) is 4.81. The number of fused-ring (bicyclic) bond motifs is 1. The second-order valence-electron chi connectivity index (χ2n) is 6.52. The molecule has 0 saturated heterocycles. The van der Waals surface area contributed by atoms with Gasteiger partial charge in [0.2, 0.25) is 0 Å². The van der Waals surface area contributed by atoms with Crippen molar-refractivity contribution in [3.8, 4) is 11.1 Å². The summed E-state index contributed by atoms with van der Waals surface area (Å²) in [6.07, 6.45) is 1.79. The average Bonchev–Trinajstić information content (AvgIpc) is 2.73. The third kappa shape index (κ3) is 3.39. The van der Waals surface area contributed by atoms with E-state index in [0.717, 1.165) is 33.3 Å². The summed E-state index contributed by atoms with van der Waals surface area (Å²) in [6.45, 7) is 1.23. The van der Waals surface area contributed by atoms with Crippen LogP contribution in [0.5, 0.6) is 0 Å². The summed E-state index contributed by atoms with van der Waals surface area (Å²) < 4.78 is 1.76. The first kappa shape index (κ1) is 17.2. The molecular formula is C23H21N3O. The van der Waals surface area contributed by atoms with Crippen molar-refractivity contribution in [2.75, 3.05) is 0 Å². The van der Waals surface area contributed by atoms with Gasteiger partial charge in [0, 0.05) is 43.0 Å². The highest BCUT2D eigenvalue weighted by atomic mass is 16.1. The summed E-state index contributed by atoms with van der Waals surface area (Å²) in [6, 6.07) is 23.9. The molecule has 0 aliphatic rings. The SMILES string of the molecule is Cn1c(CNCc2ccccn2)c(-c2ccccc2)c2ccccc2c1=O. The first-order valence-electron chi connectivity index (χ1n) is 9.02. The van der Waals surface area contributed by atoms with E-state index in [9.17, 15) is 4.79 Å². The summed E-state index contributed by atoms with van der Waals surface area (Å²) in [5.74, 6) is 0. The van der Waals surface area contributed by atoms with Gasteiger partial charge < -0.3 is 9.88 Å². The molecule has 2 heterocycles. The molecule has 27 heavy (non-hydrogen) atoms. The highest BCUT2D eigenvalue weighted by molar-refractivity contribution is 5.97. The smallest absolute Gasteiger partial charge is 0.258 e. The molecule has 0 unspecified atom stereocenters. The van der Waals surface area contributed by atoms with Crippen LogP contribution in [0.1, 0.15) is 11.4 Å². The van der Waals surface area contributed by atoms with Gasteiger partial charge in [-0.3, -0.25) is 9.78 Å². The van der Waals surface area contributed by atoms with Crippen molar-refractivity contribution in [1.29, 1.82) is 0 Å². The predicted molar refractivity (Wildman–Crippen MR) is 109 cm³/mol. The molecule has 0 fully saturated rings. The normalized spacial score (nSPS) is 11.0. The Bertz CT molecular complexity index is 1120. The minimum atomic E-state index is 0.0277. The topological polar surface area (TPSA) is 46.9 Å². The van der Waals surface area contributed by atoms with Gasteiger partial charge in [-0.15, -0.1) is 0 Å². The molecule has 1 N–H and O–H groups in total. The molecule has 0 atom stereocenters. The van der Waals surface area contributed by atoms with E-state index in [4.69, 9.17) is 0 Å². The van der Waals surface area contributed by atoms with Crippen molar-refractivity contribution in [3.05, 3.63) is 101 Å². The monoisotopic (exact) mass is 355 g/mol. The molecule has 0 radical (unpaired) electrons. The van der Waals surface area contributed by atoms with Crippen LogP contribution < -0.4 is 10.9 Å². The van der Waals surface area contributed by atoms with Crippen molar-refractivity contribution >= 4 is 10.8 Å². The average molecular weight is 355 g/mol. The molecule has 0 amide bonds. The van der Waals surface area contributed by atoms with E-state index in [1.165, 1.54) is 0 Å². The van der Waals surface area contributed by atoms with Crippen molar-refractivity contribution < 1.29 is 0 Å². The van der Waals surface area contributed by atoms with Gasteiger partial charge in [-0.05, 0) is 29.1 Å². The van der Waals surface area contributed by atoms with Crippen LogP contribution in [-0.4, -0.2) is 9.55 Å². The van der Waals surface area contributed by atoms with E-state index >= 15 is 0 Å². The molecule has 0 bridgehead atoms. The summed E-state index contributed by atoms with van der Waals surface area (Å²) >= 11 is 0. The predicted octanol–water partition coefficient (Wildman–Crippen LogP) is 3.89. The largest absolute Gasteiger partial charge is 0.313 e. The molecule has 0 saturated carbocycles. The quantitative estimate of drug-likeness (QED) is 0.591. The molecule has 134 valence electrons. The Morgan fingerprint density at radius 1 is 0.852 bits per heavy atom. The standard InChI is InChI=1S/C23H21N3O/c1-26-21(16-24-15-18-11-7-8-14-25-18)22(17-9-3-2-4-10-17)19-12-5-6-13-20(19)23(26)27/h2-14,24H,15-16H2,1H3. The molecule has 4 nitrogen and oxygen atoms in total. The van der Waals surface area contributed by atoms with E-state index in [0.29, 0.717) is 13.1 Å². The van der Waals surface area contributed by atoms with Gasteiger partial charge in [0.15, 0.2) is 0 Å². The summed E-state index contributed by atoms with van der Waals surface area (Å²) in [5, 5.41) is 5.17. The molecule has 0 aliphatic heterocycles. The van der Waals surface area contributed by atoms with Crippen LogP contribution in [-0.2, 0) is 20.1 Å². The fourth-order valence-electron chi connectivity index (χ4n) is 3.46. The number of rotatable bonds is 5. The van der Waals surface area contributed by atoms with E-state index < -0.39 is 0 Å². The molecule has 2 aromatic carbocycles. The fourth-order valence-corrected chi connectivity index (χ4v) is 3.46. The first-order chi connectivity index (χ1) is 13.3. The Hall–Kier alpha value is -3.24. The van der Waals surface area contributed by atoms with Gasteiger partial charge in [0.05, 0.1) is 5.69 Å². The minimum absolute atomic E-state index is 0.0277. The molecule has 0 aliphatic carbocycles. The third-order valence-corrected chi connectivity index (χ3v) is 4.81. The van der Waals surface area contributed by atoms with Crippen molar-refractivity contribution in [1.82, 2.24) is 14.9 Å². The molecular weight excluding hydrogens is 334 g/mol.